The summed E-state index contributed by atoms with van der Waals surface area (Å²) in [6, 6.07) is 1.72. The van der Waals surface area contributed by atoms with Gasteiger partial charge < -0.3 is 10.5 Å². The maximum Gasteiger partial charge on any atom is 0.417 e. The summed E-state index contributed by atoms with van der Waals surface area (Å²) in [6.45, 7) is 0. The van der Waals surface area contributed by atoms with Crippen LogP contribution in [0.4, 0.5) is 13.2 Å². The number of nitrogens with two attached hydrogens (primary N) is 1. The van der Waals surface area contributed by atoms with Gasteiger partial charge in [-0.1, -0.05) is 17.7 Å². The molecular weight excluding hydrogens is 259 g/mol. The molecule has 2 N–H and O–H groups in total. The van der Waals surface area contributed by atoms with Gasteiger partial charge in [-0.3, -0.25) is 4.79 Å². The first-order valence-electron chi connectivity index (χ1n) is 4.47. The second kappa shape index (κ2) is 4.93. The number of esters is 1. The fourth-order valence-corrected chi connectivity index (χ4v) is 1.51. The van der Waals surface area contributed by atoms with Gasteiger partial charge in [0.05, 0.1) is 17.7 Å². The van der Waals surface area contributed by atoms with Crippen molar-refractivity contribution >= 4 is 17.6 Å². The normalized spacial score (nSPS) is 13.3. The fraction of sp³-hybridized carbons (Fsp3) is 0.300. The number of carbonyl (C=O) groups excluding carboxylic acids is 1. The van der Waals surface area contributed by atoms with E-state index in [-0.39, 0.29) is 5.56 Å². The first kappa shape index (κ1) is 13.8. The predicted molar refractivity (Wildman–Crippen MR) is 55.4 cm³/mol. The van der Waals surface area contributed by atoms with E-state index in [9.17, 15) is 18.0 Å². The van der Waals surface area contributed by atoms with E-state index in [1.165, 1.54) is 0 Å². The Hall–Kier alpha value is -1.27. The summed E-state index contributed by atoms with van der Waals surface area (Å²) in [5.41, 5.74) is 4.65. The molecule has 0 aromatic heterocycles. The number of hydrogen-bond acceptors (Lipinski definition) is 3. The van der Waals surface area contributed by atoms with Gasteiger partial charge in [0.25, 0.3) is 0 Å². The van der Waals surface area contributed by atoms with Crippen molar-refractivity contribution in [3.05, 3.63) is 34.3 Å². The number of halogens is 4. The molecule has 0 amide bonds. The minimum Gasteiger partial charge on any atom is -0.468 e. The molecule has 0 aliphatic heterocycles. The second-order valence-electron chi connectivity index (χ2n) is 3.24. The van der Waals surface area contributed by atoms with Crippen LogP contribution >= 0.6 is 11.6 Å². The average molecular weight is 268 g/mol. The van der Waals surface area contributed by atoms with Crippen LogP contribution < -0.4 is 5.73 Å². The highest BCUT2D eigenvalue weighted by Crippen LogP contribution is 2.35. The lowest BCUT2D eigenvalue weighted by atomic mass is 10.1. The molecule has 0 spiro atoms. The van der Waals surface area contributed by atoms with Crippen molar-refractivity contribution < 1.29 is 22.7 Å². The van der Waals surface area contributed by atoms with E-state index in [0.29, 0.717) is 0 Å². The predicted octanol–water partition coefficient (Wildman–Crippen LogP) is 2.53. The van der Waals surface area contributed by atoms with E-state index < -0.39 is 28.8 Å². The van der Waals surface area contributed by atoms with Gasteiger partial charge in [0.2, 0.25) is 0 Å². The van der Waals surface area contributed by atoms with Crippen molar-refractivity contribution in [3.8, 4) is 0 Å². The summed E-state index contributed by atoms with van der Waals surface area (Å²) >= 11 is 5.48. The van der Waals surface area contributed by atoms with Gasteiger partial charge in [-0.05, 0) is 17.7 Å². The van der Waals surface area contributed by atoms with E-state index in [0.717, 1.165) is 25.3 Å². The maximum absolute atomic E-state index is 12.4. The van der Waals surface area contributed by atoms with Crippen LogP contribution in [0, 0.1) is 0 Å². The number of alkyl halides is 3. The smallest absolute Gasteiger partial charge is 0.417 e. The molecule has 0 aliphatic carbocycles. The topological polar surface area (TPSA) is 52.3 Å². The van der Waals surface area contributed by atoms with Crippen molar-refractivity contribution in [3.63, 3.8) is 0 Å². The summed E-state index contributed by atoms with van der Waals surface area (Å²) in [7, 11) is 1.13. The molecule has 0 unspecified atom stereocenters. The quantitative estimate of drug-likeness (QED) is 0.838. The van der Waals surface area contributed by atoms with Crippen LogP contribution in [-0.4, -0.2) is 13.1 Å². The van der Waals surface area contributed by atoms with Gasteiger partial charge >= 0.3 is 12.1 Å². The zero-order valence-electron chi connectivity index (χ0n) is 8.72. The minimum absolute atomic E-state index is 0.162. The van der Waals surface area contributed by atoms with Crippen LogP contribution in [-0.2, 0) is 15.7 Å². The van der Waals surface area contributed by atoms with Crippen LogP contribution in [0.3, 0.4) is 0 Å². The molecule has 0 radical (unpaired) electrons. The van der Waals surface area contributed by atoms with Crippen LogP contribution in [0.2, 0.25) is 5.02 Å². The summed E-state index contributed by atoms with van der Waals surface area (Å²) in [5, 5.41) is -0.505. The van der Waals surface area contributed by atoms with Crippen LogP contribution in [0.5, 0.6) is 0 Å². The van der Waals surface area contributed by atoms with Crippen LogP contribution in [0.1, 0.15) is 17.2 Å². The molecule has 0 saturated heterocycles. The number of benzene rings is 1. The van der Waals surface area contributed by atoms with Crippen LogP contribution in [0.15, 0.2) is 18.2 Å². The third-order valence-electron chi connectivity index (χ3n) is 2.11. The van der Waals surface area contributed by atoms with Gasteiger partial charge in [0, 0.05) is 0 Å². The van der Waals surface area contributed by atoms with E-state index in [1.54, 1.807) is 0 Å². The molecule has 3 nitrogen and oxygen atoms in total. The molecule has 0 aliphatic rings. The number of carbonyl (C=O) groups is 1. The summed E-state index contributed by atoms with van der Waals surface area (Å²) in [5.74, 6) is -0.749. The summed E-state index contributed by atoms with van der Waals surface area (Å²) in [4.78, 5) is 11.1. The highest BCUT2D eigenvalue weighted by molar-refractivity contribution is 6.31. The number of hydrogen-bond donors (Lipinski definition) is 1. The Labute approximate surface area is 100 Å². The Balaban J connectivity index is 3.09. The highest BCUT2D eigenvalue weighted by atomic mass is 35.5. The molecular formula is C10H9ClF3NO2. The van der Waals surface area contributed by atoms with Crippen LogP contribution in [0.25, 0.3) is 0 Å². The lowest BCUT2D eigenvalue weighted by Crippen LogP contribution is -2.22. The maximum atomic E-state index is 12.4. The standard InChI is InChI=1S/C10H9ClF3NO2/c1-17-9(16)8(15)5-2-3-6(7(11)4-5)10(12,13)14/h2-4,8H,15H2,1H3/t8-/m0/s1. The van der Waals surface area contributed by atoms with Gasteiger partial charge in [0.1, 0.15) is 6.04 Å². The Kier molecular flexibility index (Phi) is 4.00. The monoisotopic (exact) mass is 267 g/mol. The van der Waals surface area contributed by atoms with Gasteiger partial charge in [0.15, 0.2) is 0 Å². The number of ether oxygens (including phenoxy) is 1. The van der Waals surface area contributed by atoms with Crippen molar-refractivity contribution in [1.82, 2.24) is 0 Å². The molecule has 0 saturated carbocycles. The Morgan fingerprint density at radius 3 is 2.47 bits per heavy atom. The van der Waals surface area contributed by atoms with E-state index in [1.807, 2.05) is 0 Å². The van der Waals surface area contributed by atoms with Crippen molar-refractivity contribution in [2.45, 2.75) is 12.2 Å². The molecule has 17 heavy (non-hydrogen) atoms. The molecule has 0 fully saturated rings. The van der Waals surface area contributed by atoms with Gasteiger partial charge in [-0.15, -0.1) is 0 Å². The largest absolute Gasteiger partial charge is 0.468 e. The molecule has 94 valence electrons. The Bertz CT molecular complexity index is 434. The number of methoxy groups -OCH3 is 1. The molecule has 0 heterocycles. The Morgan fingerprint density at radius 1 is 1.47 bits per heavy atom. The first-order chi connectivity index (χ1) is 7.77. The summed E-state index contributed by atoms with van der Waals surface area (Å²) in [6.07, 6.45) is -4.54. The van der Waals surface area contributed by atoms with Crippen molar-refractivity contribution in [2.24, 2.45) is 5.73 Å². The average Bonchev–Trinajstić information content (AvgIpc) is 2.25. The summed E-state index contributed by atoms with van der Waals surface area (Å²) < 4.78 is 41.6. The second-order valence-corrected chi connectivity index (χ2v) is 3.65. The molecule has 7 heteroatoms. The van der Waals surface area contributed by atoms with Gasteiger partial charge in [-0.2, -0.15) is 13.2 Å². The highest BCUT2D eigenvalue weighted by Gasteiger charge is 2.33. The third kappa shape index (κ3) is 3.10. The minimum atomic E-state index is -4.54. The van der Waals surface area contributed by atoms with E-state index in [4.69, 9.17) is 17.3 Å². The van der Waals surface area contributed by atoms with E-state index in [2.05, 4.69) is 4.74 Å². The lowest BCUT2D eigenvalue weighted by molar-refractivity contribution is -0.142. The fourth-order valence-electron chi connectivity index (χ4n) is 1.22. The molecule has 1 aromatic rings. The molecule has 1 aromatic carbocycles. The molecule has 1 rings (SSSR count). The number of rotatable bonds is 2. The zero-order chi connectivity index (χ0) is 13.2. The SMILES string of the molecule is COC(=O)[C@@H](N)c1ccc(C(F)(F)F)c(Cl)c1. The van der Waals surface area contributed by atoms with Gasteiger partial charge in [-0.25, -0.2) is 0 Å². The van der Waals surface area contributed by atoms with E-state index >= 15 is 0 Å². The van der Waals surface area contributed by atoms with Crippen molar-refractivity contribution in [1.29, 1.82) is 0 Å². The lowest BCUT2D eigenvalue weighted by Gasteiger charge is -2.13. The first-order valence-corrected chi connectivity index (χ1v) is 4.85. The zero-order valence-corrected chi connectivity index (χ0v) is 9.47. The molecule has 1 atom stereocenters. The molecule has 0 bridgehead atoms. The third-order valence-corrected chi connectivity index (χ3v) is 2.43. The van der Waals surface area contributed by atoms with Crippen molar-refractivity contribution in [2.75, 3.05) is 7.11 Å². The Morgan fingerprint density at radius 2 is 2.06 bits per heavy atom.